The van der Waals surface area contributed by atoms with E-state index >= 15 is 0 Å². The van der Waals surface area contributed by atoms with Crippen molar-refractivity contribution in [3.63, 3.8) is 0 Å². The molecule has 0 aromatic heterocycles. The highest BCUT2D eigenvalue weighted by Gasteiger charge is 2.27. The van der Waals surface area contributed by atoms with E-state index in [4.69, 9.17) is 10.5 Å². The second-order valence-electron chi connectivity index (χ2n) is 2.80. The molecule has 0 aliphatic heterocycles. The molecule has 12 heavy (non-hydrogen) atoms. The lowest BCUT2D eigenvalue weighted by Crippen LogP contribution is -2.32. The lowest BCUT2D eigenvalue weighted by atomic mass is 10.2. The molecule has 2 atom stereocenters. The molecule has 0 aromatic carbocycles. The van der Waals surface area contributed by atoms with Crippen molar-refractivity contribution in [3.8, 4) is 0 Å². The third kappa shape index (κ3) is 6.42. The summed E-state index contributed by atoms with van der Waals surface area (Å²) in [5.74, 6) is 0. The molecule has 0 aliphatic rings. The summed E-state index contributed by atoms with van der Waals surface area (Å²) in [6.07, 6.45) is -5.38. The van der Waals surface area contributed by atoms with Gasteiger partial charge in [0.15, 0.2) is 0 Å². The number of nitrogens with two attached hydrogens (primary N) is 1. The first-order valence-corrected chi connectivity index (χ1v) is 3.77. The zero-order chi connectivity index (χ0) is 9.78. The molecule has 0 amide bonds. The van der Waals surface area contributed by atoms with E-state index in [1.54, 1.807) is 13.8 Å². The Morgan fingerprint density at radius 3 is 2.17 bits per heavy atom. The van der Waals surface area contributed by atoms with E-state index < -0.39 is 12.6 Å². The van der Waals surface area contributed by atoms with Crippen LogP contribution in [0.15, 0.2) is 0 Å². The van der Waals surface area contributed by atoms with Crippen molar-refractivity contribution in [2.24, 2.45) is 5.73 Å². The molecule has 0 aromatic rings. The number of hydrogen-bond acceptors (Lipinski definition) is 2. The number of halogens is 3. The first kappa shape index (κ1) is 11.7. The number of rotatable bonds is 4. The van der Waals surface area contributed by atoms with E-state index in [0.29, 0.717) is 0 Å². The predicted octanol–water partition coefficient (Wildman–Crippen LogP) is 1.69. The van der Waals surface area contributed by atoms with Gasteiger partial charge >= 0.3 is 6.18 Å². The molecular weight excluding hydrogens is 171 g/mol. The molecular formula is C7H14F3NO. The first-order valence-electron chi connectivity index (χ1n) is 3.77. The summed E-state index contributed by atoms with van der Waals surface area (Å²) in [6.45, 7) is 3.03. The molecule has 0 saturated heterocycles. The molecule has 0 rings (SSSR count). The molecule has 0 radical (unpaired) electrons. The van der Waals surface area contributed by atoms with E-state index in [-0.39, 0.29) is 18.8 Å². The van der Waals surface area contributed by atoms with E-state index in [0.717, 1.165) is 0 Å². The summed E-state index contributed by atoms with van der Waals surface area (Å²) in [6, 6.07) is -0.238. The van der Waals surface area contributed by atoms with Gasteiger partial charge in [0.2, 0.25) is 0 Å². The summed E-state index contributed by atoms with van der Waals surface area (Å²) in [5.41, 5.74) is 5.38. The average molecular weight is 185 g/mol. The standard InChI is InChI=1S/C7H14F3NO/c1-5(11)6(2)12-4-3-7(8,9)10/h5-6H,3-4,11H2,1-2H3. The monoisotopic (exact) mass is 185 g/mol. The van der Waals surface area contributed by atoms with Crippen LogP contribution in [0, 0.1) is 0 Å². The van der Waals surface area contributed by atoms with Crippen LogP contribution in [0.25, 0.3) is 0 Å². The normalized spacial score (nSPS) is 17.5. The fourth-order valence-corrected chi connectivity index (χ4v) is 0.512. The van der Waals surface area contributed by atoms with Gasteiger partial charge in [-0.25, -0.2) is 0 Å². The highest BCUT2D eigenvalue weighted by Crippen LogP contribution is 2.19. The van der Waals surface area contributed by atoms with Crippen LogP contribution < -0.4 is 5.73 Å². The molecule has 0 fully saturated rings. The summed E-state index contributed by atoms with van der Waals surface area (Å²) < 4.78 is 39.6. The lowest BCUT2D eigenvalue weighted by Gasteiger charge is -2.16. The molecule has 0 saturated carbocycles. The molecule has 5 heteroatoms. The quantitative estimate of drug-likeness (QED) is 0.723. The maximum absolute atomic E-state index is 11.6. The fraction of sp³-hybridized carbons (Fsp3) is 1.00. The van der Waals surface area contributed by atoms with Gasteiger partial charge in [-0.2, -0.15) is 13.2 Å². The van der Waals surface area contributed by atoms with Crippen LogP contribution in [-0.2, 0) is 4.74 Å². The third-order valence-corrected chi connectivity index (χ3v) is 1.51. The van der Waals surface area contributed by atoms with E-state index in [2.05, 4.69) is 0 Å². The van der Waals surface area contributed by atoms with E-state index in [9.17, 15) is 13.2 Å². The topological polar surface area (TPSA) is 35.2 Å². The van der Waals surface area contributed by atoms with Crippen LogP contribution in [-0.4, -0.2) is 24.9 Å². The van der Waals surface area contributed by atoms with Crippen LogP contribution in [0.4, 0.5) is 13.2 Å². The van der Waals surface area contributed by atoms with Crippen LogP contribution >= 0.6 is 0 Å². The Hall–Kier alpha value is -0.290. The molecule has 2 nitrogen and oxygen atoms in total. The average Bonchev–Trinajstić information content (AvgIpc) is 1.84. The van der Waals surface area contributed by atoms with E-state index in [1.165, 1.54) is 0 Å². The molecule has 2 unspecified atom stereocenters. The smallest absolute Gasteiger partial charge is 0.377 e. The SMILES string of the molecule is CC(N)C(C)OCCC(F)(F)F. The maximum atomic E-state index is 11.6. The number of alkyl halides is 3. The van der Waals surface area contributed by atoms with Crippen molar-refractivity contribution in [1.29, 1.82) is 0 Å². The Kier molecular flexibility index (Phi) is 4.55. The van der Waals surface area contributed by atoms with Gasteiger partial charge in [-0.1, -0.05) is 0 Å². The van der Waals surface area contributed by atoms with Crippen LogP contribution in [0.1, 0.15) is 20.3 Å². The fourth-order valence-electron chi connectivity index (χ4n) is 0.512. The Morgan fingerprint density at radius 1 is 1.33 bits per heavy atom. The van der Waals surface area contributed by atoms with Crippen LogP contribution in [0.3, 0.4) is 0 Å². The van der Waals surface area contributed by atoms with Crippen LogP contribution in [0.5, 0.6) is 0 Å². The van der Waals surface area contributed by atoms with Gasteiger partial charge in [0.25, 0.3) is 0 Å². The van der Waals surface area contributed by atoms with Gasteiger partial charge in [-0.05, 0) is 13.8 Å². The Balaban J connectivity index is 3.44. The van der Waals surface area contributed by atoms with E-state index in [1.807, 2.05) is 0 Å². The summed E-state index contributed by atoms with van der Waals surface area (Å²) in [5, 5.41) is 0. The lowest BCUT2D eigenvalue weighted by molar-refractivity contribution is -0.148. The Labute approximate surface area is 69.9 Å². The van der Waals surface area contributed by atoms with Gasteiger partial charge in [0, 0.05) is 6.04 Å². The van der Waals surface area contributed by atoms with Crippen molar-refractivity contribution < 1.29 is 17.9 Å². The minimum Gasteiger partial charge on any atom is -0.377 e. The highest BCUT2D eigenvalue weighted by atomic mass is 19.4. The molecule has 0 spiro atoms. The minimum absolute atomic E-state index is 0.238. The zero-order valence-corrected chi connectivity index (χ0v) is 7.19. The minimum atomic E-state index is -4.14. The van der Waals surface area contributed by atoms with Crippen molar-refractivity contribution in [3.05, 3.63) is 0 Å². The van der Waals surface area contributed by atoms with Gasteiger partial charge in [-0.3, -0.25) is 0 Å². The van der Waals surface area contributed by atoms with Crippen molar-refractivity contribution >= 4 is 0 Å². The number of hydrogen-bond donors (Lipinski definition) is 1. The van der Waals surface area contributed by atoms with Gasteiger partial charge in [-0.15, -0.1) is 0 Å². The summed E-state index contributed by atoms with van der Waals surface area (Å²) >= 11 is 0. The van der Waals surface area contributed by atoms with Gasteiger partial charge < -0.3 is 10.5 Å². The Morgan fingerprint density at radius 2 is 1.83 bits per heavy atom. The van der Waals surface area contributed by atoms with Crippen molar-refractivity contribution in [1.82, 2.24) is 0 Å². The predicted molar refractivity (Wildman–Crippen MR) is 39.7 cm³/mol. The molecule has 0 bridgehead atoms. The highest BCUT2D eigenvalue weighted by molar-refractivity contribution is 4.62. The first-order chi connectivity index (χ1) is 5.33. The zero-order valence-electron chi connectivity index (χ0n) is 7.19. The van der Waals surface area contributed by atoms with Crippen molar-refractivity contribution in [2.45, 2.75) is 38.6 Å². The second-order valence-corrected chi connectivity index (χ2v) is 2.80. The summed E-state index contributed by atoms with van der Waals surface area (Å²) in [4.78, 5) is 0. The molecule has 0 heterocycles. The summed E-state index contributed by atoms with van der Waals surface area (Å²) in [7, 11) is 0. The maximum Gasteiger partial charge on any atom is 0.391 e. The van der Waals surface area contributed by atoms with Crippen LogP contribution in [0.2, 0.25) is 0 Å². The largest absolute Gasteiger partial charge is 0.391 e. The Bertz CT molecular complexity index is 124. The number of ether oxygens (including phenoxy) is 1. The molecule has 0 aliphatic carbocycles. The molecule has 74 valence electrons. The van der Waals surface area contributed by atoms with Crippen molar-refractivity contribution in [2.75, 3.05) is 6.61 Å². The second kappa shape index (κ2) is 4.67. The molecule has 2 N–H and O–H groups in total. The third-order valence-electron chi connectivity index (χ3n) is 1.51. The van der Waals surface area contributed by atoms with Gasteiger partial charge in [0.05, 0.1) is 19.1 Å². The van der Waals surface area contributed by atoms with Gasteiger partial charge in [0.1, 0.15) is 0 Å².